The normalized spacial score (nSPS) is 15.3. The maximum Gasteiger partial charge on any atom is 0.270 e. The van der Waals surface area contributed by atoms with E-state index in [-0.39, 0.29) is 5.69 Å². The molecule has 0 fully saturated rings. The van der Waals surface area contributed by atoms with E-state index in [2.05, 4.69) is 31.1 Å². The molecule has 1 amide bonds. The number of carbonyl (C=O) groups excluding carboxylic acids is 1. The number of nitrogens with zero attached hydrogens (tertiary/aromatic N) is 3. The topological polar surface area (TPSA) is 90.5 Å². The minimum absolute atomic E-state index is 0.157. The van der Waals surface area contributed by atoms with Crippen LogP contribution in [-0.2, 0) is 4.18 Å². The summed E-state index contributed by atoms with van der Waals surface area (Å²) in [7, 11) is 0. The van der Waals surface area contributed by atoms with Gasteiger partial charge in [-0.1, -0.05) is 28.1 Å². The highest BCUT2D eigenvalue weighted by Crippen LogP contribution is 2.39. The number of thiophene rings is 1. The van der Waals surface area contributed by atoms with Crippen molar-refractivity contribution in [3.8, 4) is 10.4 Å². The first-order chi connectivity index (χ1) is 12.6. The number of allylic oxidation sites excluding steroid dienone is 1. The highest BCUT2D eigenvalue weighted by molar-refractivity contribution is 9.10. The fraction of sp³-hybridized carbons (Fsp3) is 0.0588. The highest BCUT2D eigenvalue weighted by Gasteiger charge is 2.18. The number of nitrogens with two attached hydrogens (primary N) is 1. The number of benzene rings is 1. The maximum atomic E-state index is 11.8. The summed E-state index contributed by atoms with van der Waals surface area (Å²) in [6, 6.07) is 9.90. The molecule has 0 saturated heterocycles. The van der Waals surface area contributed by atoms with E-state index in [9.17, 15) is 4.79 Å². The minimum atomic E-state index is -0.607. The Balaban J connectivity index is 1.88. The predicted molar refractivity (Wildman–Crippen MR) is 109 cm³/mol. The van der Waals surface area contributed by atoms with Gasteiger partial charge in [-0.15, -0.1) is 21.5 Å². The Morgan fingerprint density at radius 1 is 1.27 bits per heavy atom. The molecule has 26 heavy (non-hydrogen) atoms. The van der Waals surface area contributed by atoms with Crippen LogP contribution in [0.5, 0.6) is 0 Å². The Morgan fingerprint density at radius 2 is 2.08 bits per heavy atom. The quantitative estimate of drug-likeness (QED) is 0.581. The minimum Gasteiger partial charge on any atom is -0.427 e. The second-order valence-electron chi connectivity index (χ2n) is 5.36. The fourth-order valence-corrected chi connectivity index (χ4v) is 4.36. The van der Waals surface area contributed by atoms with Gasteiger partial charge in [-0.25, -0.2) is 4.99 Å². The molecule has 3 heterocycles. The van der Waals surface area contributed by atoms with Crippen LogP contribution >= 0.6 is 39.3 Å². The number of primary amides is 1. The van der Waals surface area contributed by atoms with Crippen LogP contribution in [0.2, 0.25) is 0 Å². The Bertz CT molecular complexity index is 1060. The van der Waals surface area contributed by atoms with Crippen molar-refractivity contribution in [3.05, 3.63) is 52.8 Å². The predicted octanol–water partition coefficient (Wildman–Crippen LogP) is 4.83. The summed E-state index contributed by atoms with van der Waals surface area (Å²) in [6.07, 6.45) is 4.16. The lowest BCUT2D eigenvalue weighted by molar-refractivity contribution is 0.0996. The van der Waals surface area contributed by atoms with Gasteiger partial charge >= 0.3 is 0 Å². The smallest absolute Gasteiger partial charge is 0.270 e. The molecule has 6 nitrogen and oxygen atoms in total. The van der Waals surface area contributed by atoms with Crippen LogP contribution < -0.4 is 5.73 Å². The Hall–Kier alpha value is -2.23. The molecule has 0 atom stereocenters. The van der Waals surface area contributed by atoms with Crippen LogP contribution in [0.15, 0.2) is 52.1 Å². The molecule has 1 aliphatic rings. The third kappa shape index (κ3) is 3.37. The molecule has 0 radical (unpaired) electrons. The lowest BCUT2D eigenvalue weighted by Gasteiger charge is -2.06. The third-order valence-corrected chi connectivity index (χ3v) is 5.99. The molecule has 0 aliphatic carbocycles. The van der Waals surface area contributed by atoms with Crippen LogP contribution in [0.1, 0.15) is 16.9 Å². The van der Waals surface area contributed by atoms with E-state index >= 15 is 0 Å². The number of halogens is 1. The second kappa shape index (κ2) is 7.18. The summed E-state index contributed by atoms with van der Waals surface area (Å²) >= 11 is 6.07. The Labute approximate surface area is 165 Å². The summed E-state index contributed by atoms with van der Waals surface area (Å²) < 4.78 is 6.88. The van der Waals surface area contributed by atoms with E-state index in [4.69, 9.17) is 9.92 Å². The monoisotopic (exact) mass is 446 g/mol. The molecule has 2 aromatic heterocycles. The number of carbonyl (C=O) groups is 1. The molecule has 9 heteroatoms. The van der Waals surface area contributed by atoms with Gasteiger partial charge in [0.2, 0.25) is 0 Å². The first-order valence-electron chi connectivity index (χ1n) is 7.53. The van der Waals surface area contributed by atoms with Gasteiger partial charge in [0, 0.05) is 21.2 Å². The number of aliphatic imine (C=N–C) groups is 1. The average molecular weight is 447 g/mol. The second-order valence-corrected chi connectivity index (χ2v) is 8.16. The van der Waals surface area contributed by atoms with Crippen molar-refractivity contribution < 1.29 is 8.98 Å². The molecule has 2 N–H and O–H groups in total. The maximum absolute atomic E-state index is 11.8. The molecular weight excluding hydrogens is 436 g/mol. The van der Waals surface area contributed by atoms with Gasteiger partial charge in [0.1, 0.15) is 17.1 Å². The number of rotatable bonds is 3. The molecule has 0 unspecified atom stereocenters. The van der Waals surface area contributed by atoms with Crippen molar-refractivity contribution >= 4 is 66.2 Å². The summed E-state index contributed by atoms with van der Waals surface area (Å²) in [5, 5.41) is 9.63. The molecule has 4 rings (SSSR count). The molecule has 0 spiro atoms. The Kier molecular flexibility index (Phi) is 4.75. The van der Waals surface area contributed by atoms with Gasteiger partial charge in [-0.3, -0.25) is 4.79 Å². The third-order valence-electron chi connectivity index (χ3n) is 3.61. The van der Waals surface area contributed by atoms with Crippen LogP contribution in [0.4, 0.5) is 5.82 Å². The first-order valence-corrected chi connectivity index (χ1v) is 9.89. The van der Waals surface area contributed by atoms with Gasteiger partial charge in [-0.2, -0.15) is 0 Å². The van der Waals surface area contributed by atoms with Crippen molar-refractivity contribution in [2.75, 3.05) is 0 Å². The van der Waals surface area contributed by atoms with Crippen molar-refractivity contribution in [3.63, 3.8) is 0 Å². The lowest BCUT2D eigenvalue weighted by Crippen LogP contribution is -2.13. The molecule has 1 aromatic carbocycles. The van der Waals surface area contributed by atoms with Gasteiger partial charge in [0.15, 0.2) is 11.5 Å². The highest BCUT2D eigenvalue weighted by atomic mass is 79.9. The first kappa shape index (κ1) is 17.2. The number of fused-ring (bicyclic) bond motifs is 1. The summed E-state index contributed by atoms with van der Waals surface area (Å²) in [4.78, 5) is 17.3. The average Bonchev–Trinajstić information content (AvgIpc) is 3.09. The SMILES string of the molecule is NC(=O)c1nnc(N=C2CC=COS2)c2cc(-c3ccc(Br)cc3)sc12. The fourth-order valence-electron chi connectivity index (χ4n) is 2.42. The Morgan fingerprint density at radius 3 is 2.77 bits per heavy atom. The summed E-state index contributed by atoms with van der Waals surface area (Å²) in [5.41, 5.74) is 6.66. The van der Waals surface area contributed by atoms with Crippen molar-refractivity contribution in [1.29, 1.82) is 0 Å². The van der Waals surface area contributed by atoms with Crippen molar-refractivity contribution in [1.82, 2.24) is 10.2 Å². The van der Waals surface area contributed by atoms with E-state index in [0.717, 1.165) is 25.3 Å². The van der Waals surface area contributed by atoms with Gasteiger partial charge in [-0.05, 0) is 29.8 Å². The van der Waals surface area contributed by atoms with E-state index < -0.39 is 5.91 Å². The van der Waals surface area contributed by atoms with E-state index in [1.165, 1.54) is 23.4 Å². The van der Waals surface area contributed by atoms with Gasteiger partial charge in [0.05, 0.1) is 11.0 Å². The zero-order chi connectivity index (χ0) is 18.1. The molecular formula is C17H11BrN4O2S2. The molecule has 1 aliphatic heterocycles. The number of aromatic nitrogens is 2. The van der Waals surface area contributed by atoms with Crippen LogP contribution in [0.25, 0.3) is 20.5 Å². The van der Waals surface area contributed by atoms with Crippen LogP contribution in [-0.4, -0.2) is 21.1 Å². The summed E-state index contributed by atoms with van der Waals surface area (Å²) in [6.45, 7) is 0. The number of hydrogen-bond acceptors (Lipinski definition) is 7. The van der Waals surface area contributed by atoms with Gasteiger partial charge < -0.3 is 9.92 Å². The standard InChI is InChI=1S/C17H11BrN4O2S2/c18-10-5-3-9(4-6-10)12-8-11-15(25-12)14(16(19)23)21-22-17(11)20-13-2-1-7-24-26-13/h1,3-8H,2H2,(H2,19,23). The van der Waals surface area contributed by atoms with Crippen molar-refractivity contribution in [2.45, 2.75) is 6.42 Å². The van der Waals surface area contributed by atoms with E-state index in [1.807, 2.05) is 36.4 Å². The van der Waals surface area contributed by atoms with E-state index in [0.29, 0.717) is 16.9 Å². The van der Waals surface area contributed by atoms with Crippen molar-refractivity contribution in [2.24, 2.45) is 10.7 Å². The van der Waals surface area contributed by atoms with E-state index in [1.54, 1.807) is 6.26 Å². The number of hydrogen-bond donors (Lipinski definition) is 1. The zero-order valence-corrected chi connectivity index (χ0v) is 16.4. The van der Waals surface area contributed by atoms with Gasteiger partial charge in [0.25, 0.3) is 5.91 Å². The number of amides is 1. The summed E-state index contributed by atoms with van der Waals surface area (Å²) in [5.74, 6) is -0.157. The molecule has 0 saturated carbocycles. The zero-order valence-electron chi connectivity index (χ0n) is 13.2. The van der Waals surface area contributed by atoms with Crippen LogP contribution in [0, 0.1) is 0 Å². The molecule has 3 aromatic rings. The lowest BCUT2D eigenvalue weighted by atomic mass is 10.1. The molecule has 0 bridgehead atoms. The largest absolute Gasteiger partial charge is 0.427 e. The molecule has 130 valence electrons. The van der Waals surface area contributed by atoms with Crippen LogP contribution in [0.3, 0.4) is 0 Å².